The highest BCUT2D eigenvalue weighted by molar-refractivity contribution is 7.89. The molecule has 0 bridgehead atoms. The highest BCUT2D eigenvalue weighted by Crippen LogP contribution is 2.37. The Kier molecular flexibility index (Phi) is 5.88. The van der Waals surface area contributed by atoms with Gasteiger partial charge in [-0.2, -0.15) is 0 Å². The van der Waals surface area contributed by atoms with Gasteiger partial charge in [0.05, 0.1) is 11.9 Å². The molecule has 1 aliphatic rings. The highest BCUT2D eigenvalue weighted by atomic mass is 32.2. The molecular weight excluding hydrogens is 369 g/mol. The molecule has 3 rings (SSSR count). The van der Waals surface area contributed by atoms with Gasteiger partial charge >= 0.3 is 7.12 Å². The smallest absolute Gasteiger partial charge is 0.531 e. The van der Waals surface area contributed by atoms with Crippen molar-refractivity contribution >= 4 is 33.7 Å². The van der Waals surface area contributed by atoms with Crippen molar-refractivity contribution in [2.24, 2.45) is 0 Å². The molecule has 3 N–H and O–H groups in total. The number of fused-ring (bicyclic) bond motifs is 3. The van der Waals surface area contributed by atoms with Crippen LogP contribution in [0, 0.1) is 0 Å². The molecule has 0 saturated carbocycles. The van der Waals surface area contributed by atoms with E-state index in [1.807, 2.05) is 6.07 Å². The van der Waals surface area contributed by atoms with E-state index in [0.717, 1.165) is 22.2 Å². The molecular formula is C17H22BN3O5S. The van der Waals surface area contributed by atoms with Crippen molar-refractivity contribution in [2.75, 3.05) is 19.5 Å². The summed E-state index contributed by atoms with van der Waals surface area (Å²) in [6.07, 6.45) is 4.66. The fourth-order valence-corrected chi connectivity index (χ4v) is 4.18. The summed E-state index contributed by atoms with van der Waals surface area (Å²) in [5, 5.41) is 10.8. The second kappa shape index (κ2) is 8.16. The topological polar surface area (TPSA) is 114 Å². The number of sulfonamides is 1. The van der Waals surface area contributed by atoms with E-state index >= 15 is 0 Å². The largest absolute Gasteiger partial charge is 0.552 e. The Morgan fingerprint density at radius 3 is 3.11 bits per heavy atom. The van der Waals surface area contributed by atoms with Crippen LogP contribution in [0.1, 0.15) is 24.8 Å². The Morgan fingerprint density at radius 1 is 1.52 bits per heavy atom. The number of ether oxygens (including phenoxy) is 1. The van der Waals surface area contributed by atoms with Crippen molar-refractivity contribution in [1.29, 1.82) is 0 Å². The minimum atomic E-state index is -3.44. The summed E-state index contributed by atoms with van der Waals surface area (Å²) in [6.45, 7) is 4.20. The molecule has 10 heteroatoms. The zero-order valence-electron chi connectivity index (χ0n) is 15.1. The van der Waals surface area contributed by atoms with Crippen LogP contribution in [0.25, 0.3) is 16.6 Å². The first-order valence-electron chi connectivity index (χ1n) is 8.58. The Hall–Kier alpha value is -2.30. The van der Waals surface area contributed by atoms with Crippen LogP contribution in [-0.4, -0.2) is 50.0 Å². The number of nitrogens with one attached hydrogen (secondary N) is 2. The lowest BCUT2D eigenvalue weighted by molar-refractivity contribution is 0.199. The summed E-state index contributed by atoms with van der Waals surface area (Å²) in [5.41, 5.74) is 2.82. The lowest BCUT2D eigenvalue weighted by atomic mass is 9.80. The van der Waals surface area contributed by atoms with Gasteiger partial charge in [0.15, 0.2) is 0 Å². The quantitative estimate of drug-likeness (QED) is 0.442. The summed E-state index contributed by atoms with van der Waals surface area (Å²) in [5.74, 6) is 2.10. The van der Waals surface area contributed by atoms with Crippen LogP contribution >= 0.6 is 0 Å². The Morgan fingerprint density at radius 2 is 2.33 bits per heavy atom. The summed E-state index contributed by atoms with van der Waals surface area (Å²) in [6, 6.07) is 1.89. The maximum atomic E-state index is 12.0. The molecule has 27 heavy (non-hydrogen) atoms. The van der Waals surface area contributed by atoms with E-state index in [2.05, 4.69) is 21.3 Å². The Balaban J connectivity index is 1.69. The Labute approximate surface area is 158 Å². The second-order valence-electron chi connectivity index (χ2n) is 6.31. The molecule has 8 nitrogen and oxygen atoms in total. The van der Waals surface area contributed by atoms with E-state index in [1.54, 1.807) is 18.4 Å². The predicted octanol–water partition coefficient (Wildman–Crippen LogP) is 1.61. The normalized spacial score (nSPS) is 13.9. The van der Waals surface area contributed by atoms with Crippen LogP contribution in [0.3, 0.4) is 0 Å². The van der Waals surface area contributed by atoms with Crippen LogP contribution < -0.4 is 9.38 Å². The highest BCUT2D eigenvalue weighted by Gasteiger charge is 2.26. The third-order valence-electron chi connectivity index (χ3n) is 4.22. The molecule has 0 amide bonds. The summed E-state index contributed by atoms with van der Waals surface area (Å²) < 4.78 is 36.9. The maximum absolute atomic E-state index is 12.0. The number of hydrogen-bond donors (Lipinski definition) is 3. The van der Waals surface area contributed by atoms with Gasteiger partial charge in [-0.25, -0.2) is 13.4 Å². The molecule has 2 aromatic heterocycles. The SMILES string of the molecule is C=C(CCC1=CB(O)Oc2cnc3[nH]ccc3c21)NS(=O)(=O)CCCOC. The van der Waals surface area contributed by atoms with E-state index in [1.165, 1.54) is 7.11 Å². The number of nitrogens with zero attached hydrogens (tertiary/aromatic N) is 1. The minimum Gasteiger partial charge on any atom is -0.531 e. The zero-order valence-corrected chi connectivity index (χ0v) is 15.9. The molecule has 1 aliphatic heterocycles. The van der Waals surface area contributed by atoms with Crippen LogP contribution in [-0.2, 0) is 14.8 Å². The molecule has 0 radical (unpaired) electrons. The predicted molar refractivity (Wildman–Crippen MR) is 104 cm³/mol. The summed E-state index contributed by atoms with van der Waals surface area (Å²) >= 11 is 0. The van der Waals surface area contributed by atoms with Crippen molar-refractivity contribution < 1.29 is 22.8 Å². The third kappa shape index (κ3) is 4.71. The molecule has 3 heterocycles. The minimum absolute atomic E-state index is 0.0203. The van der Waals surface area contributed by atoms with Crippen LogP contribution in [0.4, 0.5) is 0 Å². The standard InChI is InChI=1S/C17H22BN3O5S/c1-12(21-27(23,24)9-3-8-25-2)4-5-13-10-18(22)26-15-11-20-17-14(16(13)15)6-7-19-17/h6-7,10-11,21-22H,1,3-5,8-9H2,2H3,(H,19,20). The zero-order chi connectivity index (χ0) is 19.4. The van der Waals surface area contributed by atoms with Crippen molar-refractivity contribution in [3.63, 3.8) is 0 Å². The molecule has 0 saturated heterocycles. The fourth-order valence-electron chi connectivity index (χ4n) is 3.04. The van der Waals surface area contributed by atoms with Gasteiger partial charge < -0.3 is 19.4 Å². The second-order valence-corrected chi connectivity index (χ2v) is 8.15. The average Bonchev–Trinajstić information content (AvgIpc) is 3.07. The summed E-state index contributed by atoms with van der Waals surface area (Å²) in [7, 11) is -2.97. The van der Waals surface area contributed by atoms with Gasteiger partial charge in [0.25, 0.3) is 0 Å². The van der Waals surface area contributed by atoms with Gasteiger partial charge in [-0.1, -0.05) is 6.58 Å². The third-order valence-corrected chi connectivity index (χ3v) is 5.65. The van der Waals surface area contributed by atoms with E-state index in [4.69, 9.17) is 9.39 Å². The Bertz CT molecular complexity index is 970. The van der Waals surface area contributed by atoms with Crippen LogP contribution in [0.15, 0.2) is 36.7 Å². The molecule has 0 unspecified atom stereocenters. The van der Waals surface area contributed by atoms with Crippen LogP contribution in [0.5, 0.6) is 5.75 Å². The maximum Gasteiger partial charge on any atom is 0.552 e. The lowest BCUT2D eigenvalue weighted by Gasteiger charge is -2.21. The monoisotopic (exact) mass is 391 g/mol. The van der Waals surface area contributed by atoms with Gasteiger partial charge in [-0.15, -0.1) is 0 Å². The lowest BCUT2D eigenvalue weighted by Crippen LogP contribution is -2.26. The average molecular weight is 391 g/mol. The van der Waals surface area contributed by atoms with Crippen LogP contribution in [0.2, 0.25) is 0 Å². The molecule has 2 aromatic rings. The van der Waals surface area contributed by atoms with Gasteiger partial charge in [0.1, 0.15) is 11.4 Å². The van der Waals surface area contributed by atoms with Crippen molar-refractivity contribution in [1.82, 2.24) is 14.7 Å². The number of aromatic amines is 1. The first kappa shape index (κ1) is 19.5. The number of allylic oxidation sites excluding steroid dienone is 2. The number of rotatable bonds is 9. The number of aromatic nitrogens is 2. The van der Waals surface area contributed by atoms with E-state index in [0.29, 0.717) is 37.3 Å². The van der Waals surface area contributed by atoms with Gasteiger partial charge in [0, 0.05) is 36.6 Å². The molecule has 0 atom stereocenters. The van der Waals surface area contributed by atoms with Crippen molar-refractivity contribution in [3.05, 3.63) is 42.3 Å². The fraction of sp³-hybridized carbons (Fsp3) is 0.353. The van der Waals surface area contributed by atoms with Crippen molar-refractivity contribution in [3.8, 4) is 5.75 Å². The number of H-pyrrole nitrogens is 1. The van der Waals surface area contributed by atoms with Gasteiger partial charge in [0.2, 0.25) is 10.0 Å². The molecule has 0 fully saturated rings. The number of hydrogen-bond acceptors (Lipinski definition) is 6. The summed E-state index contributed by atoms with van der Waals surface area (Å²) in [4.78, 5) is 7.31. The number of pyridine rings is 1. The molecule has 0 aliphatic carbocycles. The molecule has 0 spiro atoms. The van der Waals surface area contributed by atoms with E-state index < -0.39 is 17.1 Å². The van der Waals surface area contributed by atoms with Gasteiger partial charge in [-0.3, -0.25) is 4.72 Å². The first-order valence-corrected chi connectivity index (χ1v) is 10.2. The van der Waals surface area contributed by atoms with Gasteiger partial charge in [-0.05, 0) is 36.9 Å². The van der Waals surface area contributed by atoms with E-state index in [9.17, 15) is 13.4 Å². The first-order chi connectivity index (χ1) is 12.9. The molecule has 144 valence electrons. The molecule has 0 aromatic carbocycles. The van der Waals surface area contributed by atoms with E-state index in [-0.39, 0.29) is 5.75 Å². The number of methoxy groups -OCH3 is 1. The van der Waals surface area contributed by atoms with Crippen molar-refractivity contribution in [2.45, 2.75) is 19.3 Å².